The van der Waals surface area contributed by atoms with Crippen molar-refractivity contribution in [2.75, 3.05) is 0 Å². The summed E-state index contributed by atoms with van der Waals surface area (Å²) in [6.45, 7) is 8.45. The van der Waals surface area contributed by atoms with Gasteiger partial charge >= 0.3 is 0 Å². The highest BCUT2D eigenvalue weighted by molar-refractivity contribution is 7.85. The van der Waals surface area contributed by atoms with Crippen LogP contribution in [0.15, 0.2) is 35.2 Å². The van der Waals surface area contributed by atoms with Crippen LogP contribution in [-0.2, 0) is 22.0 Å². The summed E-state index contributed by atoms with van der Waals surface area (Å²) in [6, 6.07) is 9.31. The van der Waals surface area contributed by atoms with E-state index >= 15 is 0 Å². The van der Waals surface area contributed by atoms with Crippen LogP contribution in [0.3, 0.4) is 0 Å². The van der Waals surface area contributed by atoms with Crippen LogP contribution < -0.4 is 0 Å². The van der Waals surface area contributed by atoms with Gasteiger partial charge in [-0.1, -0.05) is 45.9 Å². The van der Waals surface area contributed by atoms with E-state index in [9.17, 15) is 13.0 Å². The summed E-state index contributed by atoms with van der Waals surface area (Å²) in [4.78, 5) is -0.0293. The van der Waals surface area contributed by atoms with Gasteiger partial charge in [-0.2, -0.15) is 8.42 Å². The summed E-state index contributed by atoms with van der Waals surface area (Å²) in [6.07, 6.45) is 1.72. The molecule has 4 heteroatoms. The molecular formula is C17H22O3S. The molecule has 0 aromatic heterocycles. The summed E-state index contributed by atoms with van der Waals surface area (Å²) in [7, 11) is -4.18. The summed E-state index contributed by atoms with van der Waals surface area (Å²) < 4.78 is 32.2. The molecule has 0 aliphatic heterocycles. The highest BCUT2D eigenvalue weighted by Crippen LogP contribution is 2.32. The molecule has 0 aliphatic carbocycles. The Kier molecular flexibility index (Phi) is 4.13. The van der Waals surface area contributed by atoms with Gasteiger partial charge in [0.2, 0.25) is 0 Å². The molecule has 0 spiro atoms. The van der Waals surface area contributed by atoms with Gasteiger partial charge in [-0.3, -0.25) is 4.55 Å². The first-order valence-corrected chi connectivity index (χ1v) is 8.67. The molecule has 2 aromatic carbocycles. The van der Waals surface area contributed by atoms with E-state index in [1.807, 2.05) is 13.0 Å². The van der Waals surface area contributed by atoms with E-state index in [0.29, 0.717) is 0 Å². The van der Waals surface area contributed by atoms with E-state index in [2.05, 4.69) is 32.9 Å². The van der Waals surface area contributed by atoms with E-state index in [4.69, 9.17) is 0 Å². The number of hydrogen-bond acceptors (Lipinski definition) is 2. The van der Waals surface area contributed by atoms with Crippen LogP contribution in [0.4, 0.5) is 0 Å². The molecule has 0 radical (unpaired) electrons. The maximum absolute atomic E-state index is 11.4. The van der Waals surface area contributed by atoms with Gasteiger partial charge in [0.05, 0.1) is 4.90 Å². The van der Waals surface area contributed by atoms with Crippen LogP contribution in [0.5, 0.6) is 0 Å². The second kappa shape index (κ2) is 5.43. The number of hydrogen-bond donors (Lipinski definition) is 1. The average molecular weight is 306 g/mol. The number of benzene rings is 2. The lowest BCUT2D eigenvalue weighted by atomic mass is 9.81. The van der Waals surface area contributed by atoms with Crippen molar-refractivity contribution < 1.29 is 13.0 Å². The van der Waals surface area contributed by atoms with Crippen molar-refractivity contribution in [3.8, 4) is 0 Å². The molecule has 0 atom stereocenters. The van der Waals surface area contributed by atoms with Crippen LogP contribution in [0.2, 0.25) is 0 Å². The van der Waals surface area contributed by atoms with Crippen LogP contribution in [-0.4, -0.2) is 13.0 Å². The summed E-state index contributed by atoms with van der Waals surface area (Å²) in [5, 5.41) is 1.90. The third-order valence-electron chi connectivity index (χ3n) is 4.36. The van der Waals surface area contributed by atoms with Gasteiger partial charge < -0.3 is 0 Å². The third kappa shape index (κ3) is 3.11. The first-order valence-electron chi connectivity index (χ1n) is 7.23. The van der Waals surface area contributed by atoms with Crippen molar-refractivity contribution in [3.63, 3.8) is 0 Å². The molecule has 0 heterocycles. The fourth-order valence-electron chi connectivity index (χ4n) is 2.49. The minimum Gasteiger partial charge on any atom is -0.282 e. The fraction of sp³-hybridized carbons (Fsp3) is 0.412. The van der Waals surface area contributed by atoms with Gasteiger partial charge in [0, 0.05) is 0 Å². The molecule has 21 heavy (non-hydrogen) atoms. The molecule has 3 nitrogen and oxygen atoms in total. The Hall–Kier alpha value is -1.39. The topological polar surface area (TPSA) is 54.4 Å². The summed E-state index contributed by atoms with van der Waals surface area (Å²) >= 11 is 0. The van der Waals surface area contributed by atoms with Crippen molar-refractivity contribution in [2.24, 2.45) is 0 Å². The van der Waals surface area contributed by atoms with E-state index in [-0.39, 0.29) is 10.3 Å². The van der Waals surface area contributed by atoms with E-state index in [1.165, 1.54) is 5.56 Å². The normalized spacial score (nSPS) is 12.8. The minimum absolute atomic E-state index is 0.0293. The maximum Gasteiger partial charge on any atom is 0.294 e. The average Bonchev–Trinajstić information content (AvgIpc) is 2.44. The van der Waals surface area contributed by atoms with Crippen molar-refractivity contribution in [1.29, 1.82) is 0 Å². The largest absolute Gasteiger partial charge is 0.294 e. The molecule has 2 rings (SSSR count). The van der Waals surface area contributed by atoms with Crippen molar-refractivity contribution >= 4 is 20.9 Å². The molecular weight excluding hydrogens is 284 g/mol. The van der Waals surface area contributed by atoms with Crippen LogP contribution in [0, 0.1) is 0 Å². The van der Waals surface area contributed by atoms with Crippen LogP contribution in [0.1, 0.15) is 45.2 Å². The zero-order valence-electron chi connectivity index (χ0n) is 13.0. The molecule has 0 fully saturated rings. The first kappa shape index (κ1) is 16.0. The number of fused-ring (bicyclic) bond motifs is 1. The van der Waals surface area contributed by atoms with E-state index < -0.39 is 10.1 Å². The van der Waals surface area contributed by atoms with Crippen LogP contribution in [0.25, 0.3) is 10.8 Å². The smallest absolute Gasteiger partial charge is 0.282 e. The highest BCUT2D eigenvalue weighted by atomic mass is 32.2. The summed E-state index contributed by atoms with van der Waals surface area (Å²) in [5.41, 5.74) is 2.14. The molecule has 0 saturated heterocycles. The third-order valence-corrected chi connectivity index (χ3v) is 5.19. The molecule has 0 bridgehead atoms. The Balaban J connectivity index is 2.77. The van der Waals surface area contributed by atoms with Gasteiger partial charge in [0.15, 0.2) is 0 Å². The fourth-order valence-corrected chi connectivity index (χ4v) is 3.05. The lowest BCUT2D eigenvalue weighted by molar-refractivity contribution is 0.483. The van der Waals surface area contributed by atoms with Gasteiger partial charge in [0.25, 0.3) is 10.1 Å². The lowest BCUT2D eigenvalue weighted by Gasteiger charge is -2.24. The Morgan fingerprint density at radius 2 is 1.76 bits per heavy atom. The van der Waals surface area contributed by atoms with Gasteiger partial charge in [-0.15, -0.1) is 0 Å². The van der Waals surface area contributed by atoms with Crippen molar-refractivity contribution in [1.82, 2.24) is 0 Å². The zero-order valence-corrected chi connectivity index (χ0v) is 13.8. The molecule has 114 valence electrons. The Morgan fingerprint density at radius 3 is 2.29 bits per heavy atom. The Labute approximate surface area is 126 Å². The SMILES string of the molecule is CCc1cc(S(=O)(=O)O)cc2cc(C(C)(C)CC)ccc12. The van der Waals surface area contributed by atoms with Gasteiger partial charge in [-0.25, -0.2) is 0 Å². The zero-order chi connectivity index (χ0) is 15.8. The minimum atomic E-state index is -4.18. The molecule has 2 aromatic rings. The van der Waals surface area contributed by atoms with E-state index in [0.717, 1.165) is 29.2 Å². The highest BCUT2D eigenvalue weighted by Gasteiger charge is 2.19. The molecule has 0 amide bonds. The monoisotopic (exact) mass is 306 g/mol. The second-order valence-electron chi connectivity index (χ2n) is 6.08. The standard InChI is InChI=1S/C17H22O3S/c1-5-12-10-15(21(18,19)20)11-13-9-14(7-8-16(12)13)17(3,4)6-2/h7-11H,5-6H2,1-4H3,(H,18,19,20). The van der Waals surface area contributed by atoms with Gasteiger partial charge in [0.1, 0.15) is 0 Å². The predicted molar refractivity (Wildman–Crippen MR) is 86.5 cm³/mol. The quantitative estimate of drug-likeness (QED) is 0.855. The predicted octanol–water partition coefficient (Wildman–Crippen LogP) is 4.34. The molecule has 1 N–H and O–H groups in total. The second-order valence-corrected chi connectivity index (χ2v) is 7.51. The Morgan fingerprint density at radius 1 is 1.10 bits per heavy atom. The van der Waals surface area contributed by atoms with Crippen molar-refractivity contribution in [3.05, 3.63) is 41.5 Å². The maximum atomic E-state index is 11.4. The molecule has 0 aliphatic rings. The molecule has 0 saturated carbocycles. The molecule has 0 unspecified atom stereocenters. The summed E-state index contributed by atoms with van der Waals surface area (Å²) in [5.74, 6) is 0. The lowest BCUT2D eigenvalue weighted by Crippen LogP contribution is -2.15. The first-order chi connectivity index (χ1) is 9.69. The van der Waals surface area contributed by atoms with Gasteiger partial charge in [-0.05, 0) is 52.3 Å². The van der Waals surface area contributed by atoms with Crippen molar-refractivity contribution in [2.45, 2.75) is 50.8 Å². The number of rotatable bonds is 4. The van der Waals surface area contributed by atoms with E-state index in [1.54, 1.807) is 12.1 Å². The Bertz CT molecular complexity index is 774. The van der Waals surface area contributed by atoms with Crippen LogP contribution >= 0.6 is 0 Å². The number of aryl methyl sites for hydroxylation is 1.